The van der Waals surface area contributed by atoms with Gasteiger partial charge in [0.1, 0.15) is 5.75 Å². The van der Waals surface area contributed by atoms with Gasteiger partial charge in [0.25, 0.3) is 0 Å². The van der Waals surface area contributed by atoms with Crippen LogP contribution in [0.2, 0.25) is 0 Å². The molecule has 1 heterocycles. The minimum Gasteiger partial charge on any atom is -0.497 e. The molecule has 0 fully saturated rings. The van der Waals surface area contributed by atoms with Crippen molar-refractivity contribution in [1.82, 2.24) is 4.57 Å². The summed E-state index contributed by atoms with van der Waals surface area (Å²) in [4.78, 5) is 17.4. The predicted molar refractivity (Wildman–Crippen MR) is 115 cm³/mol. The van der Waals surface area contributed by atoms with E-state index in [-0.39, 0.29) is 29.4 Å². The Morgan fingerprint density at radius 3 is 2.62 bits per heavy atom. The summed E-state index contributed by atoms with van der Waals surface area (Å²) in [5.41, 5.74) is 0.992. The predicted octanol–water partition coefficient (Wildman–Crippen LogP) is 3.58. The van der Waals surface area contributed by atoms with Gasteiger partial charge < -0.3 is 9.30 Å². The minimum absolute atomic E-state index is 0.0672. The Balaban J connectivity index is 1.70. The smallest absolute Gasteiger partial charge is 0.248 e. The van der Waals surface area contributed by atoms with E-state index in [1.807, 2.05) is 28.8 Å². The van der Waals surface area contributed by atoms with E-state index in [4.69, 9.17) is 4.74 Å². The summed E-state index contributed by atoms with van der Waals surface area (Å²) in [6.45, 7) is 4.31. The molecule has 0 N–H and O–H groups in total. The summed E-state index contributed by atoms with van der Waals surface area (Å²) >= 11 is 1.43. The van der Waals surface area contributed by atoms with Gasteiger partial charge in [0.15, 0.2) is 14.6 Å². The fraction of sp³-hybridized carbons (Fsp3) is 0.238. The van der Waals surface area contributed by atoms with Crippen molar-refractivity contribution in [3.63, 3.8) is 0 Å². The zero-order valence-electron chi connectivity index (χ0n) is 16.1. The fourth-order valence-electron chi connectivity index (χ4n) is 2.89. The average molecular weight is 431 g/mol. The van der Waals surface area contributed by atoms with Gasteiger partial charge in [-0.25, -0.2) is 8.42 Å². The Hall–Kier alpha value is -2.71. The lowest BCUT2D eigenvalue weighted by Crippen LogP contribution is -2.16. The van der Waals surface area contributed by atoms with Crippen LogP contribution in [0.3, 0.4) is 0 Å². The van der Waals surface area contributed by atoms with Gasteiger partial charge in [0, 0.05) is 13.0 Å². The summed E-state index contributed by atoms with van der Waals surface area (Å²) in [6, 6.07) is 14.0. The molecular weight excluding hydrogens is 408 g/mol. The molecule has 0 aliphatic heterocycles. The maximum Gasteiger partial charge on any atom is 0.248 e. The van der Waals surface area contributed by atoms with Crippen molar-refractivity contribution in [3.05, 3.63) is 66.0 Å². The average Bonchev–Trinajstić information content (AvgIpc) is 3.05. The second-order valence-electron chi connectivity index (χ2n) is 6.36. The lowest BCUT2D eigenvalue weighted by atomic mass is 10.3. The van der Waals surface area contributed by atoms with Crippen molar-refractivity contribution in [1.29, 1.82) is 0 Å². The lowest BCUT2D eigenvalue weighted by Gasteiger charge is -2.05. The molecule has 2 aromatic carbocycles. The molecule has 0 radical (unpaired) electrons. The summed E-state index contributed by atoms with van der Waals surface area (Å²) in [7, 11) is -1.93. The van der Waals surface area contributed by atoms with Gasteiger partial charge >= 0.3 is 0 Å². The van der Waals surface area contributed by atoms with Crippen LogP contribution in [0.5, 0.6) is 5.75 Å². The molecule has 0 saturated carbocycles. The van der Waals surface area contributed by atoms with E-state index in [1.165, 1.54) is 30.6 Å². The molecule has 1 aromatic heterocycles. The fourth-order valence-corrected chi connectivity index (χ4v) is 5.26. The van der Waals surface area contributed by atoms with Crippen LogP contribution in [0.1, 0.15) is 12.8 Å². The molecule has 0 bridgehead atoms. The van der Waals surface area contributed by atoms with Crippen molar-refractivity contribution in [2.45, 2.75) is 24.3 Å². The van der Waals surface area contributed by atoms with Crippen LogP contribution >= 0.6 is 11.3 Å². The number of nitrogens with zero attached hydrogens (tertiary/aromatic N) is 2. The largest absolute Gasteiger partial charge is 0.497 e. The number of amides is 1. The Morgan fingerprint density at radius 1 is 1.21 bits per heavy atom. The first-order chi connectivity index (χ1) is 13.9. The summed E-state index contributed by atoms with van der Waals surface area (Å²) in [5.74, 6) is 0.146. The van der Waals surface area contributed by atoms with E-state index < -0.39 is 9.84 Å². The van der Waals surface area contributed by atoms with Gasteiger partial charge in [0.2, 0.25) is 5.91 Å². The molecule has 8 heteroatoms. The highest BCUT2D eigenvalue weighted by Gasteiger charge is 2.15. The van der Waals surface area contributed by atoms with Gasteiger partial charge in [0.05, 0.1) is 28.0 Å². The second-order valence-corrected chi connectivity index (χ2v) is 9.47. The van der Waals surface area contributed by atoms with E-state index in [0.29, 0.717) is 17.1 Å². The van der Waals surface area contributed by atoms with Crippen LogP contribution < -0.4 is 9.54 Å². The number of carbonyl (C=O) groups excluding carboxylic acids is 1. The van der Waals surface area contributed by atoms with Crippen molar-refractivity contribution in [3.8, 4) is 5.75 Å². The van der Waals surface area contributed by atoms with Crippen LogP contribution in [0.15, 0.2) is 71.1 Å². The third kappa shape index (κ3) is 5.02. The number of fused-ring (bicyclic) bond motifs is 1. The number of ether oxygens (including phenoxy) is 1. The number of thiazole rings is 1. The first-order valence-electron chi connectivity index (χ1n) is 9.08. The number of allylic oxidation sites excluding steroid dienone is 1. The van der Waals surface area contributed by atoms with Gasteiger partial charge in [-0.2, -0.15) is 4.99 Å². The van der Waals surface area contributed by atoms with Crippen molar-refractivity contribution >= 4 is 37.3 Å². The zero-order valence-corrected chi connectivity index (χ0v) is 17.7. The molecule has 0 atom stereocenters. The maximum absolute atomic E-state index is 12.4. The number of aromatic nitrogens is 1. The first kappa shape index (κ1) is 21.0. The molecule has 3 rings (SSSR count). The Labute approximate surface area is 173 Å². The normalized spacial score (nSPS) is 12.2. The first-order valence-corrected chi connectivity index (χ1v) is 11.5. The second kappa shape index (κ2) is 9.19. The van der Waals surface area contributed by atoms with Crippen LogP contribution in [0.25, 0.3) is 10.2 Å². The van der Waals surface area contributed by atoms with Crippen LogP contribution in [0, 0.1) is 0 Å². The van der Waals surface area contributed by atoms with Crippen LogP contribution in [0.4, 0.5) is 0 Å². The number of para-hydroxylation sites is 1. The highest BCUT2D eigenvalue weighted by molar-refractivity contribution is 7.91. The third-order valence-corrected chi connectivity index (χ3v) is 7.22. The van der Waals surface area contributed by atoms with E-state index >= 15 is 0 Å². The topological polar surface area (TPSA) is 77.7 Å². The number of hydrogen-bond donors (Lipinski definition) is 0. The summed E-state index contributed by atoms with van der Waals surface area (Å²) in [5, 5.41) is 0. The molecule has 152 valence electrons. The molecular formula is C21H22N2O4S2. The van der Waals surface area contributed by atoms with Crippen molar-refractivity contribution in [2.75, 3.05) is 12.9 Å². The monoisotopic (exact) mass is 430 g/mol. The number of hydrogen-bond acceptors (Lipinski definition) is 5. The molecule has 0 aliphatic rings. The highest BCUT2D eigenvalue weighted by atomic mass is 32.2. The third-order valence-electron chi connectivity index (χ3n) is 4.34. The molecule has 1 amide bonds. The van der Waals surface area contributed by atoms with Gasteiger partial charge in [-0.15, -0.1) is 6.58 Å². The lowest BCUT2D eigenvalue weighted by molar-refractivity contribution is -0.118. The Kier molecular flexibility index (Phi) is 6.66. The minimum atomic E-state index is -3.46. The summed E-state index contributed by atoms with van der Waals surface area (Å²) in [6.07, 6.45) is 2.03. The van der Waals surface area contributed by atoms with Gasteiger partial charge in [-0.3, -0.25) is 4.79 Å². The number of benzene rings is 2. The number of sulfone groups is 1. The van der Waals surface area contributed by atoms with E-state index in [2.05, 4.69) is 11.6 Å². The standard InChI is InChI=1S/C21H22N2O4S2/c1-3-14-23-18-7-4-5-8-19(18)28-21(23)22-20(24)9-6-15-29(25,26)17-12-10-16(27-2)11-13-17/h3-5,7-8,10-13H,1,6,9,14-15H2,2H3. The number of methoxy groups -OCH3 is 1. The number of rotatable bonds is 8. The van der Waals surface area contributed by atoms with Crippen LogP contribution in [-0.2, 0) is 21.2 Å². The Bertz CT molecular complexity index is 1190. The highest BCUT2D eigenvalue weighted by Crippen LogP contribution is 2.18. The summed E-state index contributed by atoms with van der Waals surface area (Å²) < 4.78 is 32.9. The van der Waals surface area contributed by atoms with Crippen molar-refractivity contribution in [2.24, 2.45) is 4.99 Å². The number of carbonyl (C=O) groups is 1. The van der Waals surface area contributed by atoms with Gasteiger partial charge in [-0.05, 0) is 42.8 Å². The van der Waals surface area contributed by atoms with Gasteiger partial charge in [-0.1, -0.05) is 29.5 Å². The zero-order chi connectivity index (χ0) is 20.9. The van der Waals surface area contributed by atoms with E-state index in [1.54, 1.807) is 18.2 Å². The molecule has 0 unspecified atom stereocenters. The molecule has 0 spiro atoms. The molecule has 0 saturated heterocycles. The van der Waals surface area contributed by atoms with Crippen LogP contribution in [-0.4, -0.2) is 31.8 Å². The van der Waals surface area contributed by atoms with Crippen molar-refractivity contribution < 1.29 is 17.9 Å². The molecule has 29 heavy (non-hydrogen) atoms. The Morgan fingerprint density at radius 2 is 1.93 bits per heavy atom. The van der Waals surface area contributed by atoms with E-state index in [9.17, 15) is 13.2 Å². The molecule has 6 nitrogen and oxygen atoms in total. The quantitative estimate of drug-likeness (QED) is 0.512. The maximum atomic E-state index is 12.4. The molecule has 0 aliphatic carbocycles. The SMILES string of the molecule is C=CCn1c(=NC(=O)CCCS(=O)(=O)c2ccc(OC)cc2)sc2ccccc21. The molecule has 3 aromatic rings. The van der Waals surface area contributed by atoms with E-state index in [0.717, 1.165) is 10.2 Å².